The summed E-state index contributed by atoms with van der Waals surface area (Å²) in [5.41, 5.74) is 0. The zero-order chi connectivity index (χ0) is 9.30. The highest BCUT2D eigenvalue weighted by molar-refractivity contribution is 5.73. The van der Waals surface area contributed by atoms with Crippen molar-refractivity contribution < 1.29 is 19.4 Å². The molecule has 1 aliphatic rings. The van der Waals surface area contributed by atoms with Gasteiger partial charge in [0.25, 0.3) is 0 Å². The monoisotopic (exact) mass is 174 g/mol. The Morgan fingerprint density at radius 2 is 2.00 bits per heavy atom. The second kappa shape index (κ2) is 3.41. The summed E-state index contributed by atoms with van der Waals surface area (Å²) < 4.78 is 10.2. The summed E-state index contributed by atoms with van der Waals surface area (Å²) in [6, 6.07) is 0. The summed E-state index contributed by atoms with van der Waals surface area (Å²) in [6.07, 6.45) is -1.09. The van der Waals surface area contributed by atoms with Gasteiger partial charge in [0.05, 0.1) is 0 Å². The molecule has 0 unspecified atom stereocenters. The van der Waals surface area contributed by atoms with E-state index in [0.717, 1.165) is 0 Å². The molecule has 0 radical (unpaired) electrons. The molecule has 0 aromatic heterocycles. The average molecular weight is 174 g/mol. The molecular formula is C8H14O4. The smallest absolute Gasteiger partial charge is 0.333 e. The van der Waals surface area contributed by atoms with E-state index in [2.05, 4.69) is 0 Å². The second-order valence-electron chi connectivity index (χ2n) is 3.22. The predicted octanol–water partition coefficient (Wildman–Crippen LogP) is 0.714. The van der Waals surface area contributed by atoms with Crippen molar-refractivity contribution in [2.75, 3.05) is 7.11 Å². The fourth-order valence-corrected chi connectivity index (χ4v) is 1.47. The van der Waals surface area contributed by atoms with Gasteiger partial charge in [-0.3, -0.25) is 0 Å². The summed E-state index contributed by atoms with van der Waals surface area (Å²) in [6.45, 7) is 3.80. The van der Waals surface area contributed by atoms with E-state index in [1.165, 1.54) is 7.11 Å². The molecular weight excluding hydrogens is 160 g/mol. The number of hydrogen-bond acceptors (Lipinski definition) is 3. The van der Waals surface area contributed by atoms with E-state index in [0.29, 0.717) is 0 Å². The number of carboxylic acids is 1. The maximum atomic E-state index is 10.6. The van der Waals surface area contributed by atoms with Gasteiger partial charge in [0.2, 0.25) is 0 Å². The van der Waals surface area contributed by atoms with E-state index in [9.17, 15) is 4.79 Å². The standard InChI is InChI=1S/C8H14O4/c1-4-5(2)8(11-3)12-6(4)7(9)10/h4-6,8H,1-3H3,(H,9,10)/t4-,5+,6-,8+/m0/s1. The van der Waals surface area contributed by atoms with Crippen LogP contribution in [0.5, 0.6) is 0 Å². The molecule has 0 spiro atoms. The molecule has 12 heavy (non-hydrogen) atoms. The van der Waals surface area contributed by atoms with Crippen LogP contribution in [0, 0.1) is 11.8 Å². The van der Waals surface area contributed by atoms with Crippen molar-refractivity contribution in [3.8, 4) is 0 Å². The quantitative estimate of drug-likeness (QED) is 0.670. The first-order chi connectivity index (χ1) is 5.57. The van der Waals surface area contributed by atoms with Crippen molar-refractivity contribution in [1.29, 1.82) is 0 Å². The van der Waals surface area contributed by atoms with Crippen LogP contribution in [0.3, 0.4) is 0 Å². The highest BCUT2D eigenvalue weighted by Crippen LogP contribution is 2.32. The van der Waals surface area contributed by atoms with Gasteiger partial charge in [-0.25, -0.2) is 4.79 Å². The normalized spacial score (nSPS) is 41.6. The van der Waals surface area contributed by atoms with E-state index < -0.39 is 12.1 Å². The molecule has 0 saturated carbocycles. The number of carboxylic acid groups (broad SMARTS) is 1. The minimum atomic E-state index is -0.908. The van der Waals surface area contributed by atoms with Gasteiger partial charge < -0.3 is 14.6 Å². The van der Waals surface area contributed by atoms with E-state index >= 15 is 0 Å². The van der Waals surface area contributed by atoms with Crippen LogP contribution < -0.4 is 0 Å². The third-order valence-corrected chi connectivity index (χ3v) is 2.49. The molecule has 0 bridgehead atoms. The SMILES string of the molecule is CO[C@@H]1O[C@H](C(=O)O)[C@@H](C)[C@H]1C. The fraction of sp³-hybridized carbons (Fsp3) is 0.875. The van der Waals surface area contributed by atoms with Crippen molar-refractivity contribution in [3.63, 3.8) is 0 Å². The van der Waals surface area contributed by atoms with Crippen LogP contribution in [0.2, 0.25) is 0 Å². The Morgan fingerprint density at radius 1 is 1.42 bits per heavy atom. The minimum absolute atomic E-state index is 0.00690. The Balaban J connectivity index is 2.66. The lowest BCUT2D eigenvalue weighted by atomic mass is 9.94. The minimum Gasteiger partial charge on any atom is -0.479 e. The highest BCUT2D eigenvalue weighted by Gasteiger charge is 2.43. The van der Waals surface area contributed by atoms with Crippen molar-refractivity contribution in [2.24, 2.45) is 11.8 Å². The van der Waals surface area contributed by atoms with Gasteiger partial charge in [0, 0.05) is 18.9 Å². The Labute approximate surface area is 71.5 Å². The Hall–Kier alpha value is -0.610. The summed E-state index contributed by atoms with van der Waals surface area (Å²) in [4.78, 5) is 10.6. The topological polar surface area (TPSA) is 55.8 Å². The molecule has 70 valence electrons. The molecule has 1 rings (SSSR count). The fourth-order valence-electron chi connectivity index (χ4n) is 1.47. The number of rotatable bonds is 2. The number of hydrogen-bond donors (Lipinski definition) is 1. The average Bonchev–Trinajstić information content (AvgIpc) is 2.30. The molecule has 1 N–H and O–H groups in total. The van der Waals surface area contributed by atoms with Crippen LogP contribution >= 0.6 is 0 Å². The second-order valence-corrected chi connectivity index (χ2v) is 3.22. The van der Waals surface area contributed by atoms with Crippen LogP contribution in [0.4, 0.5) is 0 Å². The van der Waals surface area contributed by atoms with Crippen molar-refractivity contribution >= 4 is 5.97 Å². The van der Waals surface area contributed by atoms with E-state index in [1.807, 2.05) is 13.8 Å². The van der Waals surface area contributed by atoms with Gasteiger partial charge in [-0.15, -0.1) is 0 Å². The Kier molecular flexibility index (Phi) is 2.69. The molecule has 1 heterocycles. The maximum absolute atomic E-state index is 10.6. The Morgan fingerprint density at radius 3 is 2.25 bits per heavy atom. The van der Waals surface area contributed by atoms with Crippen LogP contribution in [0.25, 0.3) is 0 Å². The van der Waals surface area contributed by atoms with Crippen LogP contribution in [0.15, 0.2) is 0 Å². The molecule has 1 fully saturated rings. The molecule has 0 aliphatic carbocycles. The number of carbonyl (C=O) groups is 1. The Bertz CT molecular complexity index is 180. The van der Waals surface area contributed by atoms with Gasteiger partial charge in [0.15, 0.2) is 12.4 Å². The third-order valence-electron chi connectivity index (χ3n) is 2.49. The summed E-state index contributed by atoms with van der Waals surface area (Å²) >= 11 is 0. The summed E-state index contributed by atoms with van der Waals surface area (Å²) in [5, 5.41) is 8.73. The zero-order valence-electron chi connectivity index (χ0n) is 7.48. The molecule has 0 aromatic carbocycles. The number of aliphatic carboxylic acids is 1. The lowest BCUT2D eigenvalue weighted by molar-refractivity contribution is -0.167. The van der Waals surface area contributed by atoms with Crippen LogP contribution in [-0.2, 0) is 14.3 Å². The highest BCUT2D eigenvalue weighted by atomic mass is 16.7. The van der Waals surface area contributed by atoms with Gasteiger partial charge in [-0.05, 0) is 0 Å². The van der Waals surface area contributed by atoms with Crippen molar-refractivity contribution in [2.45, 2.75) is 26.2 Å². The van der Waals surface area contributed by atoms with E-state index in [1.54, 1.807) is 0 Å². The first-order valence-electron chi connectivity index (χ1n) is 3.99. The first-order valence-corrected chi connectivity index (χ1v) is 3.99. The summed E-state index contributed by atoms with van der Waals surface area (Å²) in [5.74, 6) is -0.766. The van der Waals surface area contributed by atoms with Crippen molar-refractivity contribution in [3.05, 3.63) is 0 Å². The van der Waals surface area contributed by atoms with Crippen LogP contribution in [-0.4, -0.2) is 30.6 Å². The first kappa shape index (κ1) is 9.48. The molecule has 1 saturated heterocycles. The maximum Gasteiger partial charge on any atom is 0.333 e. The lowest BCUT2D eigenvalue weighted by Crippen LogP contribution is -2.25. The third kappa shape index (κ3) is 1.44. The summed E-state index contributed by atoms with van der Waals surface area (Å²) in [7, 11) is 1.53. The van der Waals surface area contributed by atoms with Gasteiger partial charge in [-0.1, -0.05) is 13.8 Å². The molecule has 0 aromatic rings. The molecule has 0 amide bonds. The predicted molar refractivity (Wildman–Crippen MR) is 41.6 cm³/mol. The van der Waals surface area contributed by atoms with Crippen LogP contribution in [0.1, 0.15) is 13.8 Å². The number of methoxy groups -OCH3 is 1. The number of ether oxygens (including phenoxy) is 2. The molecule has 1 aliphatic heterocycles. The van der Waals surface area contributed by atoms with E-state index in [4.69, 9.17) is 14.6 Å². The van der Waals surface area contributed by atoms with Gasteiger partial charge >= 0.3 is 5.97 Å². The largest absolute Gasteiger partial charge is 0.479 e. The molecule has 4 atom stereocenters. The molecule has 4 nitrogen and oxygen atoms in total. The van der Waals surface area contributed by atoms with Crippen molar-refractivity contribution in [1.82, 2.24) is 0 Å². The zero-order valence-corrected chi connectivity index (χ0v) is 7.48. The van der Waals surface area contributed by atoms with Gasteiger partial charge in [0.1, 0.15) is 0 Å². The van der Waals surface area contributed by atoms with Gasteiger partial charge in [-0.2, -0.15) is 0 Å². The van der Waals surface area contributed by atoms with E-state index in [-0.39, 0.29) is 18.1 Å². The lowest BCUT2D eigenvalue weighted by Gasteiger charge is -2.12. The molecule has 4 heteroatoms.